The van der Waals surface area contributed by atoms with Crippen molar-refractivity contribution in [3.8, 4) is 0 Å². The Labute approximate surface area is 121 Å². The van der Waals surface area contributed by atoms with E-state index >= 15 is 0 Å². The van der Waals surface area contributed by atoms with Gasteiger partial charge in [0.1, 0.15) is 5.54 Å². The third kappa shape index (κ3) is 3.14. The smallest absolute Gasteiger partial charge is 0.248 e. The number of carbonyl (C=O) groups excluding carboxylic acids is 2. The Morgan fingerprint density at radius 1 is 1.40 bits per heavy atom. The monoisotopic (exact) mass is 282 g/mol. The van der Waals surface area contributed by atoms with Crippen molar-refractivity contribution in [2.75, 3.05) is 20.2 Å². The number of nitrogens with one attached hydrogen (secondary N) is 1. The predicted molar refractivity (Wildman–Crippen MR) is 76.2 cm³/mol. The number of methoxy groups -OCH3 is 1. The standard InChI is InChI=1S/C15H26N2O3/c1-14(2,20-4)8-10-17-9-7-12(18)16-15(3,13(17)19)11-5-6-11/h11H,5-10H2,1-4H3,(H,16,18). The van der Waals surface area contributed by atoms with Gasteiger partial charge in [0.15, 0.2) is 0 Å². The van der Waals surface area contributed by atoms with Crippen LogP contribution in [-0.4, -0.2) is 48.1 Å². The maximum Gasteiger partial charge on any atom is 0.248 e. The summed E-state index contributed by atoms with van der Waals surface area (Å²) in [5.74, 6) is 0.356. The van der Waals surface area contributed by atoms with Crippen LogP contribution in [0.2, 0.25) is 0 Å². The number of hydrogen-bond acceptors (Lipinski definition) is 3. The Balaban J connectivity index is 2.08. The molecule has 0 bridgehead atoms. The van der Waals surface area contributed by atoms with Gasteiger partial charge in [0, 0.05) is 26.6 Å². The maximum absolute atomic E-state index is 12.8. The molecule has 1 saturated heterocycles. The van der Waals surface area contributed by atoms with Crippen LogP contribution < -0.4 is 5.32 Å². The minimum absolute atomic E-state index is 0.0127. The second-order valence-corrected chi connectivity index (χ2v) is 6.78. The van der Waals surface area contributed by atoms with E-state index in [0.29, 0.717) is 25.4 Å². The summed E-state index contributed by atoms with van der Waals surface area (Å²) in [6.07, 6.45) is 3.21. The molecule has 1 saturated carbocycles. The third-order valence-corrected chi connectivity index (χ3v) is 4.67. The molecule has 1 atom stereocenters. The van der Waals surface area contributed by atoms with Crippen LogP contribution in [0.5, 0.6) is 0 Å². The SMILES string of the molecule is COC(C)(C)CCN1CCC(=O)NC(C)(C2CC2)C1=O. The lowest BCUT2D eigenvalue weighted by molar-refractivity contribution is -0.139. The molecule has 1 heterocycles. The fourth-order valence-corrected chi connectivity index (χ4v) is 2.73. The minimum atomic E-state index is -0.704. The van der Waals surface area contributed by atoms with Gasteiger partial charge in [0.05, 0.1) is 5.60 Å². The normalized spacial score (nSPS) is 28.3. The summed E-state index contributed by atoms with van der Waals surface area (Å²) in [6.45, 7) is 7.05. The van der Waals surface area contributed by atoms with Crippen LogP contribution in [0.25, 0.3) is 0 Å². The highest BCUT2D eigenvalue weighted by molar-refractivity contribution is 5.93. The number of amides is 2. The van der Waals surface area contributed by atoms with Crippen LogP contribution in [0.1, 0.15) is 46.5 Å². The van der Waals surface area contributed by atoms with E-state index in [1.54, 1.807) is 7.11 Å². The number of nitrogens with zero attached hydrogens (tertiary/aromatic N) is 1. The van der Waals surface area contributed by atoms with E-state index in [1.807, 2.05) is 25.7 Å². The molecule has 2 fully saturated rings. The second-order valence-electron chi connectivity index (χ2n) is 6.78. The molecular formula is C15H26N2O3. The average Bonchev–Trinajstić information content (AvgIpc) is 3.21. The molecule has 0 aromatic carbocycles. The molecule has 2 amide bonds. The average molecular weight is 282 g/mol. The summed E-state index contributed by atoms with van der Waals surface area (Å²) in [6, 6.07) is 0. The summed E-state index contributed by atoms with van der Waals surface area (Å²) in [5.41, 5.74) is -0.954. The van der Waals surface area contributed by atoms with Crippen molar-refractivity contribution in [2.24, 2.45) is 5.92 Å². The van der Waals surface area contributed by atoms with Crippen LogP contribution in [-0.2, 0) is 14.3 Å². The zero-order valence-corrected chi connectivity index (χ0v) is 13.0. The molecule has 0 aromatic heterocycles. The van der Waals surface area contributed by atoms with Crippen molar-refractivity contribution >= 4 is 11.8 Å². The van der Waals surface area contributed by atoms with Gasteiger partial charge in [0.2, 0.25) is 11.8 Å². The second kappa shape index (κ2) is 5.35. The largest absolute Gasteiger partial charge is 0.379 e. The number of hydrogen-bond donors (Lipinski definition) is 1. The summed E-state index contributed by atoms with van der Waals surface area (Å²) in [5, 5.41) is 2.95. The highest BCUT2D eigenvalue weighted by atomic mass is 16.5. The fraction of sp³-hybridized carbons (Fsp3) is 0.867. The quantitative estimate of drug-likeness (QED) is 0.827. The fourth-order valence-electron chi connectivity index (χ4n) is 2.73. The Morgan fingerprint density at radius 3 is 2.60 bits per heavy atom. The first-order valence-electron chi connectivity index (χ1n) is 7.44. The van der Waals surface area contributed by atoms with Crippen LogP contribution in [0.15, 0.2) is 0 Å². The Kier molecular flexibility index (Phi) is 4.09. The van der Waals surface area contributed by atoms with Crippen LogP contribution in [0, 0.1) is 5.92 Å². The molecule has 114 valence electrons. The first kappa shape index (κ1) is 15.3. The molecule has 0 radical (unpaired) electrons. The lowest BCUT2D eigenvalue weighted by Gasteiger charge is -2.34. The predicted octanol–water partition coefficient (Wildman–Crippen LogP) is 1.32. The lowest BCUT2D eigenvalue weighted by atomic mass is 9.93. The minimum Gasteiger partial charge on any atom is -0.379 e. The number of rotatable bonds is 5. The molecule has 1 N–H and O–H groups in total. The van der Waals surface area contributed by atoms with Gasteiger partial charge in [-0.2, -0.15) is 0 Å². The molecule has 0 spiro atoms. The van der Waals surface area contributed by atoms with E-state index in [2.05, 4.69) is 5.32 Å². The topological polar surface area (TPSA) is 58.6 Å². The molecule has 5 heteroatoms. The molecule has 1 unspecified atom stereocenters. The molecule has 2 rings (SSSR count). The van der Waals surface area contributed by atoms with Gasteiger partial charge in [0.25, 0.3) is 0 Å². The molecule has 1 aliphatic heterocycles. The number of ether oxygens (including phenoxy) is 1. The maximum atomic E-state index is 12.8. The summed E-state index contributed by atoms with van der Waals surface area (Å²) >= 11 is 0. The molecule has 1 aliphatic carbocycles. The van der Waals surface area contributed by atoms with Crippen LogP contribution in [0.3, 0.4) is 0 Å². The van der Waals surface area contributed by atoms with Gasteiger partial charge < -0.3 is 15.0 Å². The van der Waals surface area contributed by atoms with Crippen LogP contribution in [0.4, 0.5) is 0 Å². The molecule has 20 heavy (non-hydrogen) atoms. The van der Waals surface area contributed by atoms with E-state index in [4.69, 9.17) is 4.74 Å². The molecule has 0 aromatic rings. The van der Waals surface area contributed by atoms with E-state index < -0.39 is 5.54 Å². The first-order chi connectivity index (χ1) is 9.28. The highest BCUT2D eigenvalue weighted by Crippen LogP contribution is 2.41. The van der Waals surface area contributed by atoms with Gasteiger partial charge in [-0.3, -0.25) is 9.59 Å². The van der Waals surface area contributed by atoms with Gasteiger partial charge >= 0.3 is 0 Å². The van der Waals surface area contributed by atoms with Crippen LogP contribution >= 0.6 is 0 Å². The van der Waals surface area contributed by atoms with E-state index in [-0.39, 0.29) is 17.4 Å². The van der Waals surface area contributed by atoms with Crippen molar-refractivity contribution in [1.82, 2.24) is 10.2 Å². The summed E-state index contributed by atoms with van der Waals surface area (Å²) in [4.78, 5) is 26.5. The summed E-state index contributed by atoms with van der Waals surface area (Å²) in [7, 11) is 1.68. The third-order valence-electron chi connectivity index (χ3n) is 4.67. The van der Waals surface area contributed by atoms with E-state index in [0.717, 1.165) is 19.3 Å². The van der Waals surface area contributed by atoms with Crippen molar-refractivity contribution in [3.63, 3.8) is 0 Å². The van der Waals surface area contributed by atoms with Gasteiger partial charge in [-0.05, 0) is 46.0 Å². The first-order valence-corrected chi connectivity index (χ1v) is 7.44. The highest BCUT2D eigenvalue weighted by Gasteiger charge is 2.51. The molecule has 5 nitrogen and oxygen atoms in total. The van der Waals surface area contributed by atoms with E-state index in [9.17, 15) is 9.59 Å². The van der Waals surface area contributed by atoms with Crippen molar-refractivity contribution < 1.29 is 14.3 Å². The van der Waals surface area contributed by atoms with Crippen molar-refractivity contribution in [2.45, 2.75) is 57.6 Å². The van der Waals surface area contributed by atoms with Gasteiger partial charge in [-0.1, -0.05) is 0 Å². The zero-order valence-electron chi connectivity index (χ0n) is 13.0. The number of carbonyl (C=O) groups is 2. The molecule has 2 aliphatic rings. The van der Waals surface area contributed by atoms with Gasteiger partial charge in [-0.25, -0.2) is 0 Å². The van der Waals surface area contributed by atoms with E-state index in [1.165, 1.54) is 0 Å². The van der Waals surface area contributed by atoms with Gasteiger partial charge in [-0.15, -0.1) is 0 Å². The molecular weight excluding hydrogens is 256 g/mol. The van der Waals surface area contributed by atoms with Crippen molar-refractivity contribution in [3.05, 3.63) is 0 Å². The Bertz CT molecular complexity index is 404. The Hall–Kier alpha value is -1.10. The Morgan fingerprint density at radius 2 is 2.05 bits per heavy atom. The lowest BCUT2D eigenvalue weighted by Crippen LogP contribution is -2.57. The van der Waals surface area contributed by atoms with Crippen molar-refractivity contribution in [1.29, 1.82) is 0 Å². The zero-order chi connectivity index (χ0) is 15.0. The summed E-state index contributed by atoms with van der Waals surface area (Å²) < 4.78 is 5.41.